The largest absolute Gasteiger partial charge is 0.369 e. The molecule has 25 heavy (non-hydrogen) atoms. The fraction of sp³-hybridized carbons (Fsp3) is 0.400. The quantitative estimate of drug-likeness (QED) is 0.631. The second kappa shape index (κ2) is 6.84. The fourth-order valence-electron chi connectivity index (χ4n) is 4.18. The molecule has 1 heterocycles. The van der Waals surface area contributed by atoms with Crippen LogP contribution in [-0.2, 0) is 6.42 Å². The smallest absolute Gasteiger partial charge is 0.269 e. The van der Waals surface area contributed by atoms with Crippen LogP contribution in [0.3, 0.4) is 0 Å². The van der Waals surface area contributed by atoms with E-state index < -0.39 is 0 Å². The van der Waals surface area contributed by atoms with Crippen LogP contribution in [0.1, 0.15) is 30.0 Å². The summed E-state index contributed by atoms with van der Waals surface area (Å²) in [6, 6.07) is 16.3. The van der Waals surface area contributed by atoms with Crippen molar-refractivity contribution in [3.05, 3.63) is 69.8 Å². The van der Waals surface area contributed by atoms with Gasteiger partial charge in [-0.1, -0.05) is 24.3 Å². The lowest BCUT2D eigenvalue weighted by atomic mass is 9.86. The molecule has 1 atom stereocenters. The molecule has 4 rings (SSSR count). The van der Waals surface area contributed by atoms with E-state index in [-0.39, 0.29) is 10.6 Å². The van der Waals surface area contributed by atoms with Crippen molar-refractivity contribution in [1.82, 2.24) is 4.90 Å². The Morgan fingerprint density at radius 3 is 2.40 bits per heavy atom. The maximum atomic E-state index is 10.8. The van der Waals surface area contributed by atoms with E-state index in [9.17, 15) is 10.1 Å². The van der Waals surface area contributed by atoms with Gasteiger partial charge < -0.3 is 4.90 Å². The minimum Gasteiger partial charge on any atom is -0.369 e. The molecule has 5 heteroatoms. The summed E-state index contributed by atoms with van der Waals surface area (Å²) in [7, 11) is 0. The van der Waals surface area contributed by atoms with Gasteiger partial charge in [0.05, 0.1) is 4.92 Å². The number of benzene rings is 2. The number of aryl methyl sites for hydroxylation is 1. The van der Waals surface area contributed by atoms with E-state index >= 15 is 0 Å². The third-order valence-corrected chi connectivity index (χ3v) is 5.52. The van der Waals surface area contributed by atoms with Crippen LogP contribution < -0.4 is 4.90 Å². The molecule has 130 valence electrons. The van der Waals surface area contributed by atoms with Crippen LogP contribution in [0.15, 0.2) is 48.5 Å². The Balaban J connectivity index is 1.43. The van der Waals surface area contributed by atoms with Crippen LogP contribution in [0.2, 0.25) is 0 Å². The van der Waals surface area contributed by atoms with Crippen molar-refractivity contribution >= 4 is 11.4 Å². The first-order valence-corrected chi connectivity index (χ1v) is 9.03. The molecular formula is C20H23N3O2. The number of nitrogens with zero attached hydrogens (tertiary/aromatic N) is 3. The van der Waals surface area contributed by atoms with Crippen molar-refractivity contribution in [3.8, 4) is 0 Å². The molecule has 0 spiro atoms. The molecule has 0 aromatic heterocycles. The Morgan fingerprint density at radius 2 is 1.68 bits per heavy atom. The summed E-state index contributed by atoms with van der Waals surface area (Å²) in [4.78, 5) is 15.4. The Morgan fingerprint density at radius 1 is 0.960 bits per heavy atom. The number of nitro benzene ring substituents is 1. The van der Waals surface area contributed by atoms with Gasteiger partial charge in [0.15, 0.2) is 0 Å². The average molecular weight is 337 g/mol. The number of nitro groups is 1. The summed E-state index contributed by atoms with van der Waals surface area (Å²) in [6.45, 7) is 4.01. The van der Waals surface area contributed by atoms with E-state index in [4.69, 9.17) is 0 Å². The zero-order valence-electron chi connectivity index (χ0n) is 14.3. The van der Waals surface area contributed by atoms with E-state index in [0.717, 1.165) is 31.9 Å². The normalized spacial score (nSPS) is 21.0. The molecule has 2 aromatic carbocycles. The third-order valence-electron chi connectivity index (χ3n) is 5.52. The molecule has 0 saturated carbocycles. The predicted molar refractivity (Wildman–Crippen MR) is 99.0 cm³/mol. The van der Waals surface area contributed by atoms with Crippen molar-refractivity contribution < 1.29 is 4.92 Å². The topological polar surface area (TPSA) is 49.6 Å². The van der Waals surface area contributed by atoms with Crippen molar-refractivity contribution in [1.29, 1.82) is 0 Å². The van der Waals surface area contributed by atoms with Crippen LogP contribution >= 0.6 is 0 Å². The van der Waals surface area contributed by atoms with Gasteiger partial charge in [0, 0.05) is 50.0 Å². The standard InChI is InChI=1S/C20H23N3O2/c24-23(25)18-10-8-17(9-11-18)21-12-14-22(15-13-21)20-7-3-5-16-4-1-2-6-19(16)20/h1-2,4,6,8-11,20H,3,5,7,12-15H2. The molecule has 5 nitrogen and oxygen atoms in total. The molecule has 0 amide bonds. The van der Waals surface area contributed by atoms with Gasteiger partial charge in [0.25, 0.3) is 5.69 Å². The molecule has 1 aliphatic heterocycles. The molecule has 0 bridgehead atoms. The van der Waals surface area contributed by atoms with Gasteiger partial charge in [0.2, 0.25) is 0 Å². The Labute approximate surface area is 148 Å². The number of piperazine rings is 1. The zero-order chi connectivity index (χ0) is 17.2. The van der Waals surface area contributed by atoms with Crippen molar-refractivity contribution in [2.75, 3.05) is 31.1 Å². The van der Waals surface area contributed by atoms with Gasteiger partial charge in [-0.05, 0) is 42.5 Å². The lowest BCUT2D eigenvalue weighted by Gasteiger charge is -2.42. The first-order chi connectivity index (χ1) is 12.2. The zero-order valence-corrected chi connectivity index (χ0v) is 14.3. The van der Waals surface area contributed by atoms with Crippen LogP contribution in [0.5, 0.6) is 0 Å². The second-order valence-electron chi connectivity index (χ2n) is 6.90. The minimum absolute atomic E-state index is 0.154. The molecule has 1 saturated heterocycles. The molecule has 1 aliphatic carbocycles. The molecule has 0 radical (unpaired) electrons. The Hall–Kier alpha value is -2.40. The van der Waals surface area contributed by atoms with Gasteiger partial charge >= 0.3 is 0 Å². The van der Waals surface area contributed by atoms with E-state index in [0.29, 0.717) is 6.04 Å². The molecule has 1 unspecified atom stereocenters. The van der Waals surface area contributed by atoms with Crippen molar-refractivity contribution in [2.45, 2.75) is 25.3 Å². The average Bonchev–Trinajstić information content (AvgIpc) is 2.68. The van der Waals surface area contributed by atoms with Gasteiger partial charge in [0.1, 0.15) is 0 Å². The summed E-state index contributed by atoms with van der Waals surface area (Å²) in [5, 5.41) is 10.8. The Kier molecular flexibility index (Phi) is 4.40. The van der Waals surface area contributed by atoms with Gasteiger partial charge in [-0.25, -0.2) is 0 Å². The van der Waals surface area contributed by atoms with Gasteiger partial charge in [-0.3, -0.25) is 15.0 Å². The van der Waals surface area contributed by atoms with Crippen LogP contribution in [0.4, 0.5) is 11.4 Å². The van der Waals surface area contributed by atoms with E-state index in [2.05, 4.69) is 34.1 Å². The highest BCUT2D eigenvalue weighted by Gasteiger charge is 2.28. The summed E-state index contributed by atoms with van der Waals surface area (Å²) >= 11 is 0. The number of fused-ring (bicyclic) bond motifs is 1. The van der Waals surface area contributed by atoms with Crippen molar-refractivity contribution in [3.63, 3.8) is 0 Å². The molecule has 0 N–H and O–H groups in total. The highest BCUT2D eigenvalue weighted by Crippen LogP contribution is 2.35. The summed E-state index contributed by atoms with van der Waals surface area (Å²) in [5.74, 6) is 0. The lowest BCUT2D eigenvalue weighted by Crippen LogP contribution is -2.48. The van der Waals surface area contributed by atoms with E-state index in [1.54, 1.807) is 12.1 Å². The lowest BCUT2D eigenvalue weighted by molar-refractivity contribution is -0.384. The molecule has 2 aromatic rings. The van der Waals surface area contributed by atoms with E-state index in [1.807, 2.05) is 12.1 Å². The third kappa shape index (κ3) is 3.24. The number of rotatable bonds is 3. The van der Waals surface area contributed by atoms with Crippen molar-refractivity contribution in [2.24, 2.45) is 0 Å². The number of hydrogen-bond donors (Lipinski definition) is 0. The SMILES string of the molecule is O=[N+]([O-])c1ccc(N2CCN(C3CCCc4ccccc43)CC2)cc1. The molecule has 2 aliphatic rings. The summed E-state index contributed by atoms with van der Waals surface area (Å²) < 4.78 is 0. The molecular weight excluding hydrogens is 314 g/mol. The van der Waals surface area contributed by atoms with Crippen LogP contribution in [0.25, 0.3) is 0 Å². The number of hydrogen-bond acceptors (Lipinski definition) is 4. The number of anilines is 1. The maximum Gasteiger partial charge on any atom is 0.269 e. The summed E-state index contributed by atoms with van der Waals surface area (Å²) in [6.07, 6.45) is 3.72. The van der Waals surface area contributed by atoms with Gasteiger partial charge in [-0.2, -0.15) is 0 Å². The first kappa shape index (κ1) is 16.1. The second-order valence-corrected chi connectivity index (χ2v) is 6.90. The highest BCUT2D eigenvalue weighted by molar-refractivity contribution is 5.51. The van der Waals surface area contributed by atoms with Crippen LogP contribution in [-0.4, -0.2) is 36.0 Å². The summed E-state index contributed by atoms with van der Waals surface area (Å²) in [5.41, 5.74) is 4.25. The number of non-ortho nitro benzene ring substituents is 1. The molecule has 1 fully saturated rings. The maximum absolute atomic E-state index is 10.8. The highest BCUT2D eigenvalue weighted by atomic mass is 16.6. The Bertz CT molecular complexity index is 752. The minimum atomic E-state index is -0.345. The van der Waals surface area contributed by atoms with Crippen LogP contribution in [0, 0.1) is 10.1 Å². The van der Waals surface area contributed by atoms with Gasteiger partial charge in [-0.15, -0.1) is 0 Å². The fourth-order valence-corrected chi connectivity index (χ4v) is 4.18. The monoisotopic (exact) mass is 337 g/mol. The first-order valence-electron chi connectivity index (χ1n) is 9.03. The van der Waals surface area contributed by atoms with E-state index in [1.165, 1.54) is 30.4 Å². The predicted octanol–water partition coefficient (Wildman–Crippen LogP) is 3.79.